The summed E-state index contributed by atoms with van der Waals surface area (Å²) in [6.45, 7) is 0. The van der Waals surface area contributed by atoms with Crippen LogP contribution < -0.4 is 5.32 Å². The zero-order chi connectivity index (χ0) is 12.4. The maximum Gasteiger partial charge on any atom is 0.338 e. The summed E-state index contributed by atoms with van der Waals surface area (Å²) >= 11 is 0. The Bertz CT molecular complexity index is 564. The van der Waals surface area contributed by atoms with E-state index in [9.17, 15) is 10.1 Å². The Morgan fingerprint density at radius 1 is 1.47 bits per heavy atom. The molecule has 0 aromatic carbocycles. The van der Waals surface area contributed by atoms with E-state index in [1.165, 1.54) is 11.0 Å². The van der Waals surface area contributed by atoms with Crippen LogP contribution in [0.2, 0.25) is 0 Å². The third-order valence-corrected chi connectivity index (χ3v) is 2.31. The van der Waals surface area contributed by atoms with Crippen LogP contribution >= 0.6 is 0 Å². The van der Waals surface area contributed by atoms with Crippen molar-refractivity contribution < 1.29 is 4.92 Å². The average molecular weight is 234 g/mol. The van der Waals surface area contributed by atoms with Gasteiger partial charge in [-0.05, 0) is 6.07 Å². The second kappa shape index (κ2) is 4.16. The van der Waals surface area contributed by atoms with Crippen LogP contribution in [-0.2, 0) is 7.05 Å². The van der Waals surface area contributed by atoms with Gasteiger partial charge in [0.2, 0.25) is 5.82 Å². The largest absolute Gasteiger partial charge is 0.367 e. The number of rotatable bonds is 3. The number of nitrogens with zero attached hydrogens (tertiary/aromatic N) is 5. The fourth-order valence-electron chi connectivity index (χ4n) is 1.53. The van der Waals surface area contributed by atoms with Crippen LogP contribution in [0.5, 0.6) is 0 Å². The van der Waals surface area contributed by atoms with Gasteiger partial charge in [0.05, 0.1) is 10.6 Å². The highest BCUT2D eigenvalue weighted by molar-refractivity contribution is 5.74. The van der Waals surface area contributed by atoms with Crippen LogP contribution in [0.25, 0.3) is 11.4 Å². The molecular weight excluding hydrogens is 224 g/mol. The first-order valence-electron chi connectivity index (χ1n) is 4.80. The van der Waals surface area contributed by atoms with Crippen molar-refractivity contribution in [3.05, 3.63) is 28.7 Å². The number of aromatic nitrogens is 4. The van der Waals surface area contributed by atoms with E-state index in [1.54, 1.807) is 26.4 Å². The molecule has 1 N–H and O–H groups in total. The molecule has 2 rings (SSSR count). The molecule has 0 saturated carbocycles. The predicted molar refractivity (Wildman–Crippen MR) is 60.4 cm³/mol. The second-order valence-electron chi connectivity index (χ2n) is 3.27. The molecule has 2 heterocycles. The summed E-state index contributed by atoms with van der Waals surface area (Å²) < 4.78 is 1.52. The lowest BCUT2D eigenvalue weighted by Crippen LogP contribution is -2.05. The summed E-state index contributed by atoms with van der Waals surface area (Å²) in [5.74, 6) is 0.182. The van der Waals surface area contributed by atoms with E-state index in [4.69, 9.17) is 0 Å². The van der Waals surface area contributed by atoms with Crippen LogP contribution in [0.3, 0.4) is 0 Å². The third-order valence-electron chi connectivity index (χ3n) is 2.31. The molecule has 2 aromatic heterocycles. The summed E-state index contributed by atoms with van der Waals surface area (Å²) in [6.07, 6.45) is 2.83. The van der Waals surface area contributed by atoms with E-state index in [0.717, 1.165) is 0 Å². The van der Waals surface area contributed by atoms with Gasteiger partial charge in [0.15, 0.2) is 5.69 Å². The molecule has 0 fully saturated rings. The van der Waals surface area contributed by atoms with E-state index in [0.29, 0.717) is 5.69 Å². The van der Waals surface area contributed by atoms with Crippen LogP contribution in [0.15, 0.2) is 18.6 Å². The van der Waals surface area contributed by atoms with E-state index in [-0.39, 0.29) is 17.2 Å². The van der Waals surface area contributed by atoms with Gasteiger partial charge in [-0.1, -0.05) is 0 Å². The zero-order valence-corrected chi connectivity index (χ0v) is 9.28. The highest BCUT2D eigenvalue weighted by Gasteiger charge is 2.24. The molecule has 0 aliphatic rings. The molecule has 0 aliphatic carbocycles. The monoisotopic (exact) mass is 234 g/mol. The molecule has 2 aromatic rings. The van der Waals surface area contributed by atoms with Crippen molar-refractivity contribution in [3.63, 3.8) is 0 Å². The number of hydrogen-bond acceptors (Lipinski definition) is 6. The van der Waals surface area contributed by atoms with Gasteiger partial charge in [-0.25, -0.2) is 9.97 Å². The first kappa shape index (κ1) is 11.0. The minimum absolute atomic E-state index is 0.154. The summed E-state index contributed by atoms with van der Waals surface area (Å²) in [5, 5.41) is 17.7. The van der Waals surface area contributed by atoms with Crippen molar-refractivity contribution in [2.45, 2.75) is 0 Å². The molecule has 0 spiro atoms. The van der Waals surface area contributed by atoms with Crippen molar-refractivity contribution >= 4 is 11.5 Å². The predicted octanol–water partition coefficient (Wildman–Crippen LogP) is 0.827. The van der Waals surface area contributed by atoms with Crippen molar-refractivity contribution in [1.82, 2.24) is 19.7 Å². The van der Waals surface area contributed by atoms with Crippen molar-refractivity contribution in [2.24, 2.45) is 7.05 Å². The number of nitrogens with one attached hydrogen (secondary N) is 1. The van der Waals surface area contributed by atoms with Crippen molar-refractivity contribution in [2.75, 3.05) is 12.4 Å². The molecule has 0 aliphatic heterocycles. The summed E-state index contributed by atoms with van der Waals surface area (Å²) in [7, 11) is 3.27. The van der Waals surface area contributed by atoms with Crippen molar-refractivity contribution in [3.8, 4) is 11.4 Å². The Morgan fingerprint density at radius 2 is 2.24 bits per heavy atom. The van der Waals surface area contributed by atoms with Gasteiger partial charge in [0, 0.05) is 20.3 Å². The standard InChI is InChI=1S/C9H10N6O2/c1-10-9-8(15(16)17)7(11-5-12-9)6-3-4-13-14(6)2/h3-5H,1-2H3,(H,10,11,12). The van der Waals surface area contributed by atoms with E-state index < -0.39 is 4.92 Å². The van der Waals surface area contributed by atoms with Gasteiger partial charge in [0.1, 0.15) is 6.33 Å². The lowest BCUT2D eigenvalue weighted by molar-refractivity contribution is -0.383. The first-order chi connectivity index (χ1) is 8.15. The highest BCUT2D eigenvalue weighted by Crippen LogP contribution is 2.31. The van der Waals surface area contributed by atoms with Gasteiger partial charge < -0.3 is 5.32 Å². The topological polar surface area (TPSA) is 98.8 Å². The fourth-order valence-corrected chi connectivity index (χ4v) is 1.53. The molecule has 8 heteroatoms. The number of hydrogen-bond donors (Lipinski definition) is 1. The number of anilines is 1. The summed E-state index contributed by atoms with van der Waals surface area (Å²) in [4.78, 5) is 18.3. The number of aryl methyl sites for hydroxylation is 1. The quantitative estimate of drug-likeness (QED) is 0.623. The van der Waals surface area contributed by atoms with E-state index in [1.807, 2.05) is 0 Å². The molecule has 88 valence electrons. The first-order valence-corrected chi connectivity index (χ1v) is 4.80. The Hall–Kier alpha value is -2.51. The van der Waals surface area contributed by atoms with Gasteiger partial charge in [-0.2, -0.15) is 5.10 Å². The normalized spacial score (nSPS) is 10.2. The molecule has 0 atom stereocenters. The zero-order valence-electron chi connectivity index (χ0n) is 9.28. The Kier molecular flexibility index (Phi) is 2.69. The molecule has 8 nitrogen and oxygen atoms in total. The molecule has 0 amide bonds. The maximum atomic E-state index is 11.1. The third kappa shape index (κ3) is 1.80. The minimum Gasteiger partial charge on any atom is -0.367 e. The Labute approximate surface area is 96.5 Å². The minimum atomic E-state index is -0.506. The molecule has 17 heavy (non-hydrogen) atoms. The van der Waals surface area contributed by atoms with Crippen LogP contribution in [0.1, 0.15) is 0 Å². The molecular formula is C9H10N6O2. The van der Waals surface area contributed by atoms with Crippen LogP contribution in [0.4, 0.5) is 11.5 Å². The number of nitro groups is 1. The second-order valence-corrected chi connectivity index (χ2v) is 3.27. The summed E-state index contributed by atoms with van der Waals surface area (Å²) in [6, 6.07) is 1.66. The Balaban J connectivity index is 2.70. The lowest BCUT2D eigenvalue weighted by atomic mass is 10.2. The summed E-state index contributed by atoms with van der Waals surface area (Å²) in [5.41, 5.74) is 0.656. The van der Waals surface area contributed by atoms with Gasteiger partial charge in [0.25, 0.3) is 0 Å². The van der Waals surface area contributed by atoms with Crippen LogP contribution in [-0.4, -0.2) is 31.7 Å². The average Bonchev–Trinajstić information content (AvgIpc) is 2.74. The van der Waals surface area contributed by atoms with Crippen molar-refractivity contribution in [1.29, 1.82) is 0 Å². The van der Waals surface area contributed by atoms with E-state index in [2.05, 4.69) is 20.4 Å². The Morgan fingerprint density at radius 3 is 2.76 bits per heavy atom. The highest BCUT2D eigenvalue weighted by atomic mass is 16.6. The van der Waals surface area contributed by atoms with Gasteiger partial charge >= 0.3 is 5.69 Å². The van der Waals surface area contributed by atoms with Crippen LogP contribution in [0, 0.1) is 10.1 Å². The smallest absolute Gasteiger partial charge is 0.338 e. The molecule has 0 saturated heterocycles. The van der Waals surface area contributed by atoms with Gasteiger partial charge in [-0.3, -0.25) is 14.8 Å². The molecule has 0 radical (unpaired) electrons. The van der Waals surface area contributed by atoms with Gasteiger partial charge in [-0.15, -0.1) is 0 Å². The lowest BCUT2D eigenvalue weighted by Gasteiger charge is -2.05. The SMILES string of the molecule is CNc1ncnc(-c2ccnn2C)c1[N+](=O)[O-]. The molecule has 0 bridgehead atoms. The molecule has 0 unspecified atom stereocenters. The maximum absolute atomic E-state index is 11.1. The van der Waals surface area contributed by atoms with E-state index >= 15 is 0 Å². The fraction of sp³-hybridized carbons (Fsp3) is 0.222.